The second-order valence-electron chi connectivity index (χ2n) is 7.29. The summed E-state index contributed by atoms with van der Waals surface area (Å²) in [7, 11) is 0. The maximum Gasteiger partial charge on any atom is 0.321 e. The molecule has 0 aliphatic heterocycles. The number of benzene rings is 2. The SMILES string of the molecule is CC(=O)N(c1nc(/C=C/C(=O)Nc2ccc(Oc3ncccn3)cc2C)cs1)c1ccccc1F. The smallest absolute Gasteiger partial charge is 0.321 e. The number of halogens is 1. The molecule has 0 spiro atoms. The normalized spacial score (nSPS) is 10.8. The lowest BCUT2D eigenvalue weighted by atomic mass is 10.2. The molecular formula is C25H20FN5O3S. The summed E-state index contributed by atoms with van der Waals surface area (Å²) in [6.07, 6.45) is 6.02. The molecule has 2 aromatic carbocycles. The zero-order valence-electron chi connectivity index (χ0n) is 18.8. The molecule has 1 N–H and O–H groups in total. The monoisotopic (exact) mass is 489 g/mol. The first-order valence-electron chi connectivity index (χ1n) is 10.5. The molecule has 2 aromatic heterocycles. The van der Waals surface area contributed by atoms with E-state index < -0.39 is 5.82 Å². The third-order valence-electron chi connectivity index (χ3n) is 4.72. The zero-order chi connectivity index (χ0) is 24.8. The van der Waals surface area contributed by atoms with E-state index in [4.69, 9.17) is 4.74 Å². The maximum atomic E-state index is 14.2. The van der Waals surface area contributed by atoms with Crippen molar-refractivity contribution in [1.29, 1.82) is 0 Å². The lowest BCUT2D eigenvalue weighted by molar-refractivity contribution is -0.116. The largest absolute Gasteiger partial charge is 0.424 e. The molecule has 8 nitrogen and oxygen atoms in total. The Morgan fingerprint density at radius 3 is 2.60 bits per heavy atom. The molecule has 0 aliphatic carbocycles. The number of hydrogen-bond acceptors (Lipinski definition) is 7. The van der Waals surface area contributed by atoms with Crippen LogP contribution in [0.25, 0.3) is 6.08 Å². The van der Waals surface area contributed by atoms with Gasteiger partial charge in [0.2, 0.25) is 11.8 Å². The molecule has 10 heteroatoms. The van der Waals surface area contributed by atoms with Crippen LogP contribution in [0.3, 0.4) is 0 Å². The standard InChI is InChI=1S/C25H20FN5O3S/c1-16-14-19(34-24-27-12-5-13-28-24)9-10-21(16)30-23(33)11-8-18-15-35-25(29-18)31(17(2)32)22-7-4-3-6-20(22)26/h3-15H,1-2H3,(H,30,33)/b11-8+. The highest BCUT2D eigenvalue weighted by Crippen LogP contribution is 2.31. The average Bonchev–Trinajstić information content (AvgIpc) is 3.30. The number of rotatable bonds is 7. The first-order chi connectivity index (χ1) is 16.9. The van der Waals surface area contributed by atoms with Crippen LogP contribution in [0.4, 0.5) is 20.9 Å². The van der Waals surface area contributed by atoms with Crippen molar-refractivity contribution in [3.63, 3.8) is 0 Å². The number of ether oxygens (including phenoxy) is 1. The van der Waals surface area contributed by atoms with Gasteiger partial charge in [-0.1, -0.05) is 12.1 Å². The van der Waals surface area contributed by atoms with Gasteiger partial charge in [0, 0.05) is 36.5 Å². The highest BCUT2D eigenvalue weighted by atomic mass is 32.1. The molecule has 0 radical (unpaired) electrons. The van der Waals surface area contributed by atoms with Gasteiger partial charge >= 0.3 is 6.01 Å². The van der Waals surface area contributed by atoms with Crippen LogP contribution in [-0.2, 0) is 9.59 Å². The van der Waals surface area contributed by atoms with E-state index in [1.165, 1.54) is 47.4 Å². The van der Waals surface area contributed by atoms with Crippen molar-refractivity contribution in [2.45, 2.75) is 13.8 Å². The van der Waals surface area contributed by atoms with Crippen molar-refractivity contribution in [1.82, 2.24) is 15.0 Å². The third-order valence-corrected chi connectivity index (χ3v) is 5.57. The van der Waals surface area contributed by atoms with E-state index in [9.17, 15) is 14.0 Å². The zero-order valence-corrected chi connectivity index (χ0v) is 19.6. The van der Waals surface area contributed by atoms with Crippen LogP contribution in [0.5, 0.6) is 11.8 Å². The molecule has 2 heterocycles. The number of nitrogens with zero attached hydrogens (tertiary/aromatic N) is 4. The highest BCUT2D eigenvalue weighted by Gasteiger charge is 2.20. The van der Waals surface area contributed by atoms with E-state index in [0.717, 1.165) is 5.56 Å². The lowest BCUT2D eigenvalue weighted by Gasteiger charge is -2.18. The van der Waals surface area contributed by atoms with Crippen LogP contribution in [-0.4, -0.2) is 26.8 Å². The van der Waals surface area contributed by atoms with Crippen LogP contribution in [0.2, 0.25) is 0 Å². The second-order valence-corrected chi connectivity index (χ2v) is 8.13. The molecule has 0 saturated carbocycles. The Morgan fingerprint density at radius 1 is 1.11 bits per heavy atom. The third kappa shape index (κ3) is 5.92. The molecule has 0 fully saturated rings. The van der Waals surface area contributed by atoms with E-state index in [1.54, 1.807) is 54.2 Å². The van der Waals surface area contributed by atoms with Crippen LogP contribution < -0.4 is 15.0 Å². The van der Waals surface area contributed by atoms with Crippen molar-refractivity contribution in [3.8, 4) is 11.8 Å². The van der Waals surface area contributed by atoms with Crippen molar-refractivity contribution in [2.75, 3.05) is 10.2 Å². The number of para-hydroxylation sites is 1. The Bertz CT molecular complexity index is 1390. The minimum Gasteiger partial charge on any atom is -0.424 e. The number of amides is 2. The van der Waals surface area contributed by atoms with Crippen LogP contribution in [0, 0.1) is 12.7 Å². The van der Waals surface area contributed by atoms with Crippen molar-refractivity contribution in [3.05, 3.63) is 89.5 Å². The van der Waals surface area contributed by atoms with Gasteiger partial charge in [0.25, 0.3) is 0 Å². The molecule has 0 bridgehead atoms. The van der Waals surface area contributed by atoms with E-state index in [-0.39, 0.29) is 23.5 Å². The minimum absolute atomic E-state index is 0.115. The fraction of sp³-hybridized carbons (Fsp3) is 0.0800. The Labute approximate surface area is 204 Å². The van der Waals surface area contributed by atoms with Gasteiger partial charge in [0.05, 0.1) is 11.4 Å². The molecular weight excluding hydrogens is 469 g/mol. The topological polar surface area (TPSA) is 97.3 Å². The second kappa shape index (κ2) is 10.7. The van der Waals surface area contributed by atoms with Gasteiger partial charge in [-0.25, -0.2) is 19.3 Å². The number of aryl methyl sites for hydroxylation is 1. The van der Waals surface area contributed by atoms with Crippen LogP contribution in [0.15, 0.2) is 72.4 Å². The first-order valence-corrected chi connectivity index (χ1v) is 11.3. The van der Waals surface area contributed by atoms with Gasteiger partial charge in [-0.05, 0) is 55.0 Å². The summed E-state index contributed by atoms with van der Waals surface area (Å²) < 4.78 is 19.8. The number of thiazole rings is 1. The molecule has 176 valence electrons. The summed E-state index contributed by atoms with van der Waals surface area (Å²) in [5.41, 5.74) is 1.98. The number of aromatic nitrogens is 3. The van der Waals surface area contributed by atoms with Crippen molar-refractivity contribution < 1.29 is 18.7 Å². The number of carbonyl (C=O) groups is 2. The Balaban J connectivity index is 1.42. The van der Waals surface area contributed by atoms with Crippen LogP contribution >= 0.6 is 11.3 Å². The minimum atomic E-state index is -0.530. The molecule has 35 heavy (non-hydrogen) atoms. The number of carbonyl (C=O) groups excluding carboxylic acids is 2. The summed E-state index contributed by atoms with van der Waals surface area (Å²) in [6.45, 7) is 3.17. The van der Waals surface area contributed by atoms with E-state index in [0.29, 0.717) is 22.3 Å². The lowest BCUT2D eigenvalue weighted by Crippen LogP contribution is -2.23. The van der Waals surface area contributed by atoms with E-state index in [2.05, 4.69) is 20.3 Å². The molecule has 4 aromatic rings. The first kappa shape index (κ1) is 23.7. The van der Waals surface area contributed by atoms with Gasteiger partial charge in [-0.3, -0.25) is 14.5 Å². The number of anilines is 3. The quantitative estimate of drug-likeness (QED) is 0.344. The van der Waals surface area contributed by atoms with Gasteiger partial charge in [0.15, 0.2) is 5.13 Å². The molecule has 4 rings (SSSR count). The van der Waals surface area contributed by atoms with Gasteiger partial charge < -0.3 is 10.1 Å². The maximum absolute atomic E-state index is 14.2. The summed E-state index contributed by atoms with van der Waals surface area (Å²) >= 11 is 1.17. The van der Waals surface area contributed by atoms with Gasteiger partial charge in [-0.2, -0.15) is 0 Å². The highest BCUT2D eigenvalue weighted by molar-refractivity contribution is 7.14. The Kier molecular flexibility index (Phi) is 7.22. The molecule has 0 unspecified atom stereocenters. The number of nitrogens with one attached hydrogen (secondary N) is 1. The van der Waals surface area contributed by atoms with Crippen molar-refractivity contribution >= 4 is 45.7 Å². The fourth-order valence-corrected chi connectivity index (χ4v) is 3.96. The van der Waals surface area contributed by atoms with Gasteiger partial charge in [-0.15, -0.1) is 11.3 Å². The molecule has 0 atom stereocenters. The average molecular weight is 490 g/mol. The summed E-state index contributed by atoms with van der Waals surface area (Å²) in [6, 6.07) is 13.1. The van der Waals surface area contributed by atoms with Gasteiger partial charge in [0.1, 0.15) is 11.6 Å². The summed E-state index contributed by atoms with van der Waals surface area (Å²) in [5.74, 6) is -0.723. The number of hydrogen-bond donors (Lipinski definition) is 1. The fourth-order valence-electron chi connectivity index (χ4n) is 3.11. The Hall–Kier alpha value is -4.44. The van der Waals surface area contributed by atoms with Crippen molar-refractivity contribution in [2.24, 2.45) is 0 Å². The predicted octanol–water partition coefficient (Wildman–Crippen LogP) is 5.51. The molecule has 2 amide bonds. The predicted molar refractivity (Wildman–Crippen MR) is 132 cm³/mol. The van der Waals surface area contributed by atoms with Crippen LogP contribution in [0.1, 0.15) is 18.2 Å². The van der Waals surface area contributed by atoms with E-state index >= 15 is 0 Å². The molecule has 0 saturated heterocycles. The Morgan fingerprint density at radius 2 is 1.89 bits per heavy atom. The van der Waals surface area contributed by atoms with E-state index in [1.807, 2.05) is 6.92 Å². The molecule has 0 aliphatic rings. The summed E-state index contributed by atoms with van der Waals surface area (Å²) in [5, 5.41) is 4.78. The summed E-state index contributed by atoms with van der Waals surface area (Å²) in [4.78, 5) is 38.2.